The first-order chi connectivity index (χ1) is 17.2. The number of rotatable bonds is 9. The molecule has 0 aliphatic rings. The summed E-state index contributed by atoms with van der Waals surface area (Å²) in [5, 5.41) is 10.4. The fraction of sp³-hybridized carbons (Fsp3) is 0.259. The molecule has 0 aliphatic carbocycles. The van der Waals surface area contributed by atoms with Gasteiger partial charge in [0, 0.05) is 24.3 Å². The van der Waals surface area contributed by atoms with Gasteiger partial charge in [0.15, 0.2) is 24.0 Å². The third kappa shape index (κ3) is 7.05. The number of aryl methyl sites for hydroxylation is 1. The Morgan fingerprint density at radius 1 is 1.03 bits per heavy atom. The lowest BCUT2D eigenvalue weighted by Gasteiger charge is -2.20. The van der Waals surface area contributed by atoms with Gasteiger partial charge in [-0.2, -0.15) is 5.10 Å². The number of hydrogen-bond acceptors (Lipinski definition) is 7. The van der Waals surface area contributed by atoms with Crippen molar-refractivity contribution in [2.24, 2.45) is 7.05 Å². The number of ether oxygens (including phenoxy) is 2. The summed E-state index contributed by atoms with van der Waals surface area (Å²) in [6.07, 6.45) is 5.20. The van der Waals surface area contributed by atoms with Crippen LogP contribution in [-0.2, 0) is 18.4 Å². The zero-order valence-electron chi connectivity index (χ0n) is 20.9. The third-order valence-corrected chi connectivity index (χ3v) is 4.94. The number of nitrogens with zero attached hydrogens (tertiary/aromatic N) is 4. The molecule has 0 aliphatic heterocycles. The quantitative estimate of drug-likeness (QED) is 0.359. The summed E-state index contributed by atoms with van der Waals surface area (Å²) in [6.45, 7) is 6.07. The molecule has 0 saturated carbocycles. The molecule has 4 aromatic rings. The van der Waals surface area contributed by atoms with Crippen LogP contribution in [0.15, 0.2) is 73.2 Å². The first-order valence-corrected chi connectivity index (χ1v) is 11.6. The smallest absolute Gasteiger partial charge is 0.258 e. The van der Waals surface area contributed by atoms with Gasteiger partial charge in [-0.3, -0.25) is 9.48 Å². The number of carbonyl (C=O) groups excluding carboxylic acids is 1. The molecule has 0 atom stereocenters. The predicted molar refractivity (Wildman–Crippen MR) is 138 cm³/mol. The maximum Gasteiger partial charge on any atom is 0.258 e. The van der Waals surface area contributed by atoms with Crippen LogP contribution in [0.4, 0.5) is 11.5 Å². The standard InChI is InChI=1S/C27H30N6O3/c1-27(2,3)32-24(34)18-35-22-12-8-11-20(13-22)25-28-15-23(36-17-19-9-6-5-7-10-19)26(31-25)30-21-14-29-33(4)16-21/h5-16H,17-18H2,1-4H3,(H,32,34)(H,28,30,31). The maximum absolute atomic E-state index is 12.1. The molecule has 0 bridgehead atoms. The minimum atomic E-state index is -0.321. The van der Waals surface area contributed by atoms with Crippen LogP contribution in [0.5, 0.6) is 11.5 Å². The Morgan fingerprint density at radius 2 is 1.83 bits per heavy atom. The highest BCUT2D eigenvalue weighted by Gasteiger charge is 2.15. The van der Waals surface area contributed by atoms with Gasteiger partial charge in [0.05, 0.1) is 18.1 Å². The summed E-state index contributed by atoms with van der Waals surface area (Å²) >= 11 is 0. The Morgan fingerprint density at radius 3 is 2.56 bits per heavy atom. The Labute approximate surface area is 210 Å². The number of benzene rings is 2. The molecule has 0 saturated heterocycles. The lowest BCUT2D eigenvalue weighted by Crippen LogP contribution is -2.43. The summed E-state index contributed by atoms with van der Waals surface area (Å²) < 4.78 is 13.4. The summed E-state index contributed by atoms with van der Waals surface area (Å²) in [7, 11) is 1.84. The molecule has 36 heavy (non-hydrogen) atoms. The molecule has 186 valence electrons. The lowest BCUT2D eigenvalue weighted by molar-refractivity contribution is -0.124. The summed E-state index contributed by atoms with van der Waals surface area (Å²) in [6, 6.07) is 17.2. The fourth-order valence-corrected chi connectivity index (χ4v) is 3.39. The molecule has 2 heterocycles. The average molecular weight is 487 g/mol. The van der Waals surface area contributed by atoms with E-state index in [4.69, 9.17) is 14.5 Å². The van der Waals surface area contributed by atoms with Crippen LogP contribution < -0.4 is 20.1 Å². The Kier molecular flexibility index (Phi) is 7.48. The molecule has 2 aromatic carbocycles. The van der Waals surface area contributed by atoms with Crippen molar-refractivity contribution in [3.8, 4) is 22.9 Å². The molecule has 0 unspecified atom stereocenters. The molecule has 4 rings (SSSR count). The third-order valence-electron chi connectivity index (χ3n) is 4.94. The van der Waals surface area contributed by atoms with Crippen molar-refractivity contribution >= 4 is 17.4 Å². The van der Waals surface area contributed by atoms with Gasteiger partial charge in [0.2, 0.25) is 0 Å². The highest BCUT2D eigenvalue weighted by Crippen LogP contribution is 2.29. The number of amides is 1. The van der Waals surface area contributed by atoms with Crippen molar-refractivity contribution in [2.45, 2.75) is 32.9 Å². The van der Waals surface area contributed by atoms with Crippen LogP contribution in [-0.4, -0.2) is 37.8 Å². The van der Waals surface area contributed by atoms with E-state index in [1.165, 1.54) is 0 Å². The Bertz CT molecular complexity index is 1310. The van der Waals surface area contributed by atoms with Gasteiger partial charge in [-0.25, -0.2) is 9.97 Å². The van der Waals surface area contributed by atoms with Gasteiger partial charge >= 0.3 is 0 Å². The van der Waals surface area contributed by atoms with Gasteiger partial charge in [-0.15, -0.1) is 0 Å². The van der Waals surface area contributed by atoms with Gasteiger partial charge in [0.1, 0.15) is 12.4 Å². The number of hydrogen-bond donors (Lipinski definition) is 2. The first kappa shape index (κ1) is 24.7. The van der Waals surface area contributed by atoms with E-state index >= 15 is 0 Å². The first-order valence-electron chi connectivity index (χ1n) is 11.6. The normalized spacial score (nSPS) is 11.1. The minimum Gasteiger partial charge on any atom is -0.484 e. The number of aromatic nitrogens is 4. The molecule has 2 N–H and O–H groups in total. The second-order valence-electron chi connectivity index (χ2n) is 9.32. The molecule has 9 heteroatoms. The van der Waals surface area contributed by atoms with E-state index in [9.17, 15) is 4.79 Å². The van der Waals surface area contributed by atoms with Crippen molar-refractivity contribution in [1.29, 1.82) is 0 Å². The average Bonchev–Trinajstić information content (AvgIpc) is 3.26. The van der Waals surface area contributed by atoms with Crippen LogP contribution in [0.1, 0.15) is 26.3 Å². The van der Waals surface area contributed by atoms with Crippen molar-refractivity contribution in [1.82, 2.24) is 25.1 Å². The van der Waals surface area contributed by atoms with E-state index in [1.807, 2.05) is 76.5 Å². The lowest BCUT2D eigenvalue weighted by atomic mass is 10.1. The summed E-state index contributed by atoms with van der Waals surface area (Å²) in [5.41, 5.74) is 2.23. The molecule has 0 radical (unpaired) electrons. The van der Waals surface area contributed by atoms with Crippen LogP contribution in [0.2, 0.25) is 0 Å². The van der Waals surface area contributed by atoms with Crippen LogP contribution >= 0.6 is 0 Å². The van der Waals surface area contributed by atoms with Gasteiger partial charge in [-0.05, 0) is 38.5 Å². The molecule has 9 nitrogen and oxygen atoms in total. The second-order valence-corrected chi connectivity index (χ2v) is 9.32. The van der Waals surface area contributed by atoms with Crippen molar-refractivity contribution in [3.63, 3.8) is 0 Å². The fourth-order valence-electron chi connectivity index (χ4n) is 3.39. The van der Waals surface area contributed by atoms with E-state index in [0.29, 0.717) is 29.7 Å². The van der Waals surface area contributed by atoms with Gasteiger partial charge in [-0.1, -0.05) is 42.5 Å². The summed E-state index contributed by atoms with van der Waals surface area (Å²) in [4.78, 5) is 21.4. The van der Waals surface area contributed by atoms with Crippen molar-refractivity contribution < 1.29 is 14.3 Å². The highest BCUT2D eigenvalue weighted by molar-refractivity contribution is 5.78. The van der Waals surface area contributed by atoms with Crippen molar-refractivity contribution in [2.75, 3.05) is 11.9 Å². The van der Waals surface area contributed by atoms with E-state index in [1.54, 1.807) is 29.2 Å². The monoisotopic (exact) mass is 486 g/mol. The zero-order chi connectivity index (χ0) is 25.5. The van der Waals surface area contributed by atoms with E-state index in [2.05, 4.69) is 20.7 Å². The molecular formula is C27H30N6O3. The van der Waals surface area contributed by atoms with Gasteiger partial charge in [0.25, 0.3) is 5.91 Å². The van der Waals surface area contributed by atoms with E-state index in [0.717, 1.165) is 16.8 Å². The number of carbonyl (C=O) groups is 1. The molecular weight excluding hydrogens is 456 g/mol. The SMILES string of the molecule is Cn1cc(Nc2nc(-c3cccc(OCC(=O)NC(C)(C)C)c3)ncc2OCc2ccccc2)cn1. The maximum atomic E-state index is 12.1. The molecule has 1 amide bonds. The van der Waals surface area contributed by atoms with E-state index < -0.39 is 0 Å². The van der Waals surface area contributed by atoms with E-state index in [-0.39, 0.29) is 18.1 Å². The van der Waals surface area contributed by atoms with Crippen LogP contribution in [0, 0.1) is 0 Å². The number of nitrogens with one attached hydrogen (secondary N) is 2. The molecule has 0 spiro atoms. The summed E-state index contributed by atoms with van der Waals surface area (Å²) in [5.74, 6) is 1.87. The van der Waals surface area contributed by atoms with Gasteiger partial charge < -0.3 is 20.1 Å². The molecule has 0 fully saturated rings. The Balaban J connectivity index is 1.54. The van der Waals surface area contributed by atoms with Crippen LogP contribution in [0.25, 0.3) is 11.4 Å². The largest absolute Gasteiger partial charge is 0.484 e. The highest BCUT2D eigenvalue weighted by atomic mass is 16.5. The number of anilines is 2. The minimum absolute atomic E-state index is 0.0817. The second kappa shape index (κ2) is 10.9. The Hall–Kier alpha value is -4.40. The van der Waals surface area contributed by atoms with Crippen LogP contribution in [0.3, 0.4) is 0 Å². The topological polar surface area (TPSA) is 103 Å². The molecule has 2 aromatic heterocycles. The predicted octanol–water partition coefficient (Wildman–Crippen LogP) is 4.49. The zero-order valence-corrected chi connectivity index (χ0v) is 20.9. The van der Waals surface area contributed by atoms with Crippen molar-refractivity contribution in [3.05, 3.63) is 78.8 Å².